The maximum Gasteiger partial charge on any atom is 0.320 e. The van der Waals surface area contributed by atoms with E-state index < -0.39 is 41.6 Å². The number of amides is 2. The van der Waals surface area contributed by atoms with Crippen LogP contribution in [-0.4, -0.2) is 44.0 Å². The molecule has 1 aromatic rings. The predicted molar refractivity (Wildman–Crippen MR) is 93.1 cm³/mol. The molecule has 1 aromatic carbocycles. The lowest BCUT2D eigenvalue weighted by molar-refractivity contribution is -0.161. The number of benzene rings is 1. The molecule has 1 rings (SSSR count). The number of esters is 2. The monoisotopic (exact) mass is 364 g/mol. The summed E-state index contributed by atoms with van der Waals surface area (Å²) in [5.74, 6) is -5.55. The Morgan fingerprint density at radius 3 is 1.81 bits per heavy atom. The van der Waals surface area contributed by atoms with Crippen molar-refractivity contribution in [1.82, 2.24) is 5.32 Å². The number of carbonyl (C=O) groups excluding carboxylic acids is 4. The summed E-state index contributed by atoms with van der Waals surface area (Å²) in [6, 6.07) is 3.94. The third kappa shape index (κ3) is 5.05. The maximum absolute atomic E-state index is 12.5. The van der Waals surface area contributed by atoms with Crippen LogP contribution in [0.3, 0.4) is 0 Å². The molecule has 0 aliphatic rings. The average molecular weight is 364 g/mol. The van der Waals surface area contributed by atoms with Gasteiger partial charge in [0.05, 0.1) is 14.2 Å². The first-order valence-corrected chi connectivity index (χ1v) is 7.96. The van der Waals surface area contributed by atoms with E-state index in [0.717, 1.165) is 25.3 Å². The van der Waals surface area contributed by atoms with Crippen LogP contribution in [0.4, 0.5) is 0 Å². The van der Waals surface area contributed by atoms with Crippen LogP contribution in [0.5, 0.6) is 0 Å². The van der Waals surface area contributed by atoms with Gasteiger partial charge in [-0.15, -0.1) is 0 Å². The normalized spacial score (nSPS) is 12.8. The van der Waals surface area contributed by atoms with Gasteiger partial charge >= 0.3 is 11.9 Å². The zero-order valence-corrected chi connectivity index (χ0v) is 15.5. The third-order valence-corrected chi connectivity index (χ3v) is 4.04. The molecule has 0 unspecified atom stereocenters. The van der Waals surface area contributed by atoms with Gasteiger partial charge in [-0.2, -0.15) is 0 Å². The molecule has 26 heavy (non-hydrogen) atoms. The van der Waals surface area contributed by atoms with Crippen molar-refractivity contribution in [1.29, 1.82) is 0 Å². The number of rotatable bonds is 7. The third-order valence-electron chi connectivity index (χ3n) is 4.04. The molecule has 8 nitrogen and oxygen atoms in total. The maximum atomic E-state index is 12.5. The van der Waals surface area contributed by atoms with Crippen LogP contribution in [0.15, 0.2) is 18.2 Å². The molecule has 142 valence electrons. The van der Waals surface area contributed by atoms with Crippen molar-refractivity contribution in [3.63, 3.8) is 0 Å². The molecule has 0 radical (unpaired) electrons. The van der Waals surface area contributed by atoms with Gasteiger partial charge in [0.1, 0.15) is 6.04 Å². The van der Waals surface area contributed by atoms with E-state index in [0.29, 0.717) is 5.56 Å². The minimum atomic E-state index is -1.40. The fraction of sp³-hybridized carbons (Fsp3) is 0.444. The summed E-state index contributed by atoms with van der Waals surface area (Å²) in [4.78, 5) is 48.3. The van der Waals surface area contributed by atoms with Crippen LogP contribution in [0.2, 0.25) is 0 Å². The zero-order valence-electron chi connectivity index (χ0n) is 15.5. The van der Waals surface area contributed by atoms with E-state index in [1.54, 1.807) is 12.1 Å². The SMILES string of the molecule is COC(=O)C(C(=O)OC)[C@H](C)[C@@H](NC(=O)c1cc(C)cc(C)c1)C(N)=O. The molecule has 0 aromatic heterocycles. The minimum absolute atomic E-state index is 0.341. The molecule has 0 aliphatic heterocycles. The molecule has 0 fully saturated rings. The van der Waals surface area contributed by atoms with Gasteiger partial charge in [-0.3, -0.25) is 19.2 Å². The van der Waals surface area contributed by atoms with Gasteiger partial charge < -0.3 is 20.5 Å². The summed E-state index contributed by atoms with van der Waals surface area (Å²) < 4.78 is 9.21. The fourth-order valence-electron chi connectivity index (χ4n) is 2.76. The lowest BCUT2D eigenvalue weighted by atomic mass is 9.86. The molecule has 8 heteroatoms. The summed E-state index contributed by atoms with van der Waals surface area (Å²) in [6.07, 6.45) is 0. The fourth-order valence-corrected chi connectivity index (χ4v) is 2.76. The van der Waals surface area contributed by atoms with E-state index in [9.17, 15) is 19.2 Å². The van der Waals surface area contributed by atoms with Crippen LogP contribution in [-0.2, 0) is 23.9 Å². The van der Waals surface area contributed by atoms with E-state index in [1.165, 1.54) is 6.92 Å². The molecular formula is C18H24N2O6. The second-order valence-electron chi connectivity index (χ2n) is 6.11. The predicted octanol–water partition coefficient (Wildman–Crippen LogP) is 0.485. The molecular weight excluding hydrogens is 340 g/mol. The van der Waals surface area contributed by atoms with E-state index in [4.69, 9.17) is 5.73 Å². The standard InChI is InChI=1S/C18H24N2O6/c1-9-6-10(2)8-12(7-9)16(22)20-14(15(19)21)11(3)13(17(23)25-4)18(24)26-5/h6-8,11,13-14H,1-5H3,(H2,19,21)(H,20,22)/t11-,14+/m0/s1. The Morgan fingerprint density at radius 1 is 0.962 bits per heavy atom. The van der Waals surface area contributed by atoms with Crippen molar-refractivity contribution in [2.24, 2.45) is 17.6 Å². The molecule has 0 saturated carbocycles. The molecule has 2 atom stereocenters. The number of hydrogen-bond donors (Lipinski definition) is 2. The molecule has 0 aliphatic carbocycles. The average Bonchev–Trinajstić information content (AvgIpc) is 2.57. The van der Waals surface area contributed by atoms with E-state index >= 15 is 0 Å². The van der Waals surface area contributed by atoms with Crippen LogP contribution >= 0.6 is 0 Å². The van der Waals surface area contributed by atoms with Crippen molar-refractivity contribution >= 4 is 23.8 Å². The second kappa shape index (κ2) is 8.98. The smallest absolute Gasteiger partial charge is 0.320 e. The van der Waals surface area contributed by atoms with Gasteiger partial charge in [0, 0.05) is 11.5 Å². The zero-order chi connectivity index (χ0) is 20.0. The van der Waals surface area contributed by atoms with Gasteiger partial charge in [0.2, 0.25) is 5.91 Å². The first kappa shape index (κ1) is 21.1. The van der Waals surface area contributed by atoms with Crippen molar-refractivity contribution in [2.45, 2.75) is 26.8 Å². The first-order chi connectivity index (χ1) is 12.1. The van der Waals surface area contributed by atoms with E-state index in [2.05, 4.69) is 14.8 Å². The van der Waals surface area contributed by atoms with Gasteiger partial charge in [0.15, 0.2) is 5.92 Å². The molecule has 0 saturated heterocycles. The topological polar surface area (TPSA) is 125 Å². The first-order valence-electron chi connectivity index (χ1n) is 7.96. The number of aryl methyl sites for hydroxylation is 2. The summed E-state index contributed by atoms with van der Waals surface area (Å²) >= 11 is 0. The minimum Gasteiger partial charge on any atom is -0.468 e. The highest BCUT2D eigenvalue weighted by molar-refractivity contribution is 5.99. The largest absolute Gasteiger partial charge is 0.468 e. The van der Waals surface area contributed by atoms with Crippen molar-refractivity contribution in [3.05, 3.63) is 34.9 Å². The highest BCUT2D eigenvalue weighted by Gasteiger charge is 2.41. The Balaban J connectivity index is 3.13. The highest BCUT2D eigenvalue weighted by Crippen LogP contribution is 2.20. The number of carbonyl (C=O) groups is 4. The van der Waals surface area contributed by atoms with Crippen LogP contribution in [0.25, 0.3) is 0 Å². The number of nitrogens with two attached hydrogens (primary N) is 1. The number of ether oxygens (including phenoxy) is 2. The molecule has 2 amide bonds. The summed E-state index contributed by atoms with van der Waals surface area (Å²) in [5.41, 5.74) is 7.48. The summed E-state index contributed by atoms with van der Waals surface area (Å²) in [5, 5.41) is 2.50. The van der Waals surface area contributed by atoms with Gasteiger partial charge in [-0.25, -0.2) is 0 Å². The van der Waals surface area contributed by atoms with Gasteiger partial charge in [-0.1, -0.05) is 24.1 Å². The molecule has 0 bridgehead atoms. The Kier molecular flexibility index (Phi) is 7.30. The van der Waals surface area contributed by atoms with E-state index in [1.807, 2.05) is 19.9 Å². The van der Waals surface area contributed by atoms with Crippen molar-refractivity contribution in [2.75, 3.05) is 14.2 Å². The number of hydrogen-bond acceptors (Lipinski definition) is 6. The highest BCUT2D eigenvalue weighted by atomic mass is 16.5. The Bertz CT molecular complexity index is 679. The Labute approximate surface area is 152 Å². The summed E-state index contributed by atoms with van der Waals surface area (Å²) in [6.45, 7) is 5.11. The number of primary amides is 1. The Morgan fingerprint density at radius 2 is 1.42 bits per heavy atom. The van der Waals surface area contributed by atoms with Crippen molar-refractivity contribution < 1.29 is 28.7 Å². The molecule has 3 N–H and O–H groups in total. The van der Waals surface area contributed by atoms with Gasteiger partial charge in [-0.05, 0) is 26.0 Å². The summed E-state index contributed by atoms with van der Waals surface area (Å²) in [7, 11) is 2.22. The quantitative estimate of drug-likeness (QED) is 0.536. The molecule has 0 heterocycles. The second-order valence-corrected chi connectivity index (χ2v) is 6.11. The molecule has 0 spiro atoms. The van der Waals surface area contributed by atoms with Crippen LogP contribution in [0, 0.1) is 25.7 Å². The Hall–Kier alpha value is -2.90. The number of nitrogens with one attached hydrogen (secondary N) is 1. The van der Waals surface area contributed by atoms with Gasteiger partial charge in [0.25, 0.3) is 5.91 Å². The van der Waals surface area contributed by atoms with Crippen molar-refractivity contribution in [3.8, 4) is 0 Å². The van der Waals surface area contributed by atoms with Crippen LogP contribution in [0.1, 0.15) is 28.4 Å². The lowest BCUT2D eigenvalue weighted by Crippen LogP contribution is -2.52. The number of methoxy groups -OCH3 is 2. The van der Waals surface area contributed by atoms with Crippen LogP contribution < -0.4 is 11.1 Å². The lowest BCUT2D eigenvalue weighted by Gasteiger charge is -2.26. The van der Waals surface area contributed by atoms with E-state index in [-0.39, 0.29) is 0 Å².